The molecule has 0 amide bonds. The number of nitrogens with zero attached hydrogens (tertiary/aromatic N) is 4. The predicted molar refractivity (Wildman–Crippen MR) is 240 cm³/mol. The Hall–Kier alpha value is -5.74. The van der Waals surface area contributed by atoms with Crippen molar-refractivity contribution >= 4 is 43.6 Å². The molecule has 4 nitrogen and oxygen atoms in total. The van der Waals surface area contributed by atoms with Gasteiger partial charge in [-0.15, -0.1) is 13.2 Å². The lowest BCUT2D eigenvalue weighted by molar-refractivity contribution is 0.718. The van der Waals surface area contributed by atoms with Crippen LogP contribution in [0.4, 0.5) is 0 Å². The number of aromatic nitrogens is 4. The molecule has 0 saturated heterocycles. The molecule has 4 aromatic carbocycles. The third-order valence-electron chi connectivity index (χ3n) is 11.8. The first-order chi connectivity index (χ1) is 27.5. The summed E-state index contributed by atoms with van der Waals surface area (Å²) < 4.78 is 4.75. The molecule has 4 heterocycles. The fourth-order valence-electron chi connectivity index (χ4n) is 8.87. The third kappa shape index (κ3) is 6.87. The van der Waals surface area contributed by atoms with E-state index in [-0.39, 0.29) is 0 Å². The highest BCUT2D eigenvalue weighted by Crippen LogP contribution is 2.39. The largest absolute Gasteiger partial charge is 0.308 e. The van der Waals surface area contributed by atoms with Crippen LogP contribution in [0.3, 0.4) is 0 Å². The van der Waals surface area contributed by atoms with Crippen molar-refractivity contribution < 1.29 is 0 Å². The molecule has 0 spiro atoms. The lowest BCUT2D eigenvalue weighted by Crippen LogP contribution is -1.98. The van der Waals surface area contributed by atoms with Crippen molar-refractivity contribution in [2.24, 2.45) is 0 Å². The van der Waals surface area contributed by atoms with E-state index in [1.165, 1.54) is 85.1 Å². The molecule has 0 aliphatic carbocycles. The quantitative estimate of drug-likeness (QED) is 0.0776. The molecular formula is C52H54N4. The van der Waals surface area contributed by atoms with Gasteiger partial charge in [-0.05, 0) is 110 Å². The molecule has 0 bridgehead atoms. The molecule has 0 fully saturated rings. The predicted octanol–water partition coefficient (Wildman–Crippen LogP) is 14.5. The molecule has 0 radical (unpaired) electrons. The van der Waals surface area contributed by atoms with Gasteiger partial charge in [0.25, 0.3) is 0 Å². The second-order valence-electron chi connectivity index (χ2n) is 15.7. The zero-order valence-electron chi connectivity index (χ0n) is 33.6. The Kier molecular flexibility index (Phi) is 10.7. The first-order valence-corrected chi connectivity index (χ1v) is 20.7. The number of hydrogen-bond acceptors (Lipinski definition) is 2. The zero-order chi connectivity index (χ0) is 38.8. The van der Waals surface area contributed by atoms with E-state index in [0.717, 1.165) is 54.6 Å². The summed E-state index contributed by atoms with van der Waals surface area (Å²) >= 11 is 0. The number of hydrogen-bond donors (Lipinski definition) is 0. The molecule has 2 unspecified atom stereocenters. The van der Waals surface area contributed by atoms with Gasteiger partial charge in [0.2, 0.25) is 0 Å². The number of unbranched alkanes of at least 4 members (excludes halogenated alkanes) is 2. The van der Waals surface area contributed by atoms with Crippen molar-refractivity contribution in [1.82, 2.24) is 19.1 Å². The average molecular weight is 735 g/mol. The minimum atomic E-state index is 0.339. The van der Waals surface area contributed by atoms with E-state index in [1.54, 1.807) is 0 Å². The van der Waals surface area contributed by atoms with Gasteiger partial charge in [0.1, 0.15) is 0 Å². The van der Waals surface area contributed by atoms with Gasteiger partial charge in [-0.1, -0.05) is 88.4 Å². The third-order valence-corrected chi connectivity index (χ3v) is 11.8. The van der Waals surface area contributed by atoms with Gasteiger partial charge >= 0.3 is 0 Å². The first kappa shape index (κ1) is 37.2. The molecule has 0 saturated carbocycles. The van der Waals surface area contributed by atoms with Gasteiger partial charge in [0, 0.05) is 56.9 Å². The number of aryl methyl sites for hydroxylation is 2. The summed E-state index contributed by atoms with van der Waals surface area (Å²) in [4.78, 5) is 9.69. The molecule has 56 heavy (non-hydrogen) atoms. The molecule has 8 aromatic rings. The van der Waals surface area contributed by atoms with E-state index in [1.807, 2.05) is 24.8 Å². The maximum atomic E-state index is 4.86. The van der Waals surface area contributed by atoms with E-state index in [2.05, 4.69) is 147 Å². The van der Waals surface area contributed by atoms with E-state index in [4.69, 9.17) is 9.97 Å². The van der Waals surface area contributed by atoms with Crippen molar-refractivity contribution in [1.29, 1.82) is 0 Å². The van der Waals surface area contributed by atoms with Crippen LogP contribution in [-0.2, 0) is 6.42 Å². The number of pyridine rings is 2. The van der Waals surface area contributed by atoms with E-state index < -0.39 is 0 Å². The summed E-state index contributed by atoms with van der Waals surface area (Å²) in [7, 11) is 0. The Morgan fingerprint density at radius 1 is 0.536 bits per heavy atom. The zero-order valence-corrected chi connectivity index (χ0v) is 33.6. The van der Waals surface area contributed by atoms with E-state index in [0.29, 0.717) is 11.8 Å². The molecule has 0 N–H and O–H groups in total. The molecule has 282 valence electrons. The van der Waals surface area contributed by atoms with E-state index in [9.17, 15) is 0 Å². The fraction of sp³-hybridized carbons (Fsp3) is 0.269. The minimum absolute atomic E-state index is 0.339. The maximum Gasteiger partial charge on any atom is 0.0651 e. The van der Waals surface area contributed by atoms with Gasteiger partial charge < -0.3 is 9.13 Å². The monoisotopic (exact) mass is 734 g/mol. The highest BCUT2D eigenvalue weighted by atomic mass is 15.0. The highest BCUT2D eigenvalue weighted by molar-refractivity contribution is 6.11. The van der Waals surface area contributed by atoms with Crippen molar-refractivity contribution in [3.63, 3.8) is 0 Å². The molecule has 8 rings (SSSR count). The lowest BCUT2D eigenvalue weighted by atomic mass is 9.93. The van der Waals surface area contributed by atoms with Gasteiger partial charge in [-0.2, -0.15) is 0 Å². The molecule has 0 aliphatic rings. The van der Waals surface area contributed by atoms with Crippen LogP contribution in [0, 0.1) is 6.92 Å². The number of allylic oxidation sites excluding steroid dienone is 2. The second-order valence-corrected chi connectivity index (χ2v) is 15.7. The molecule has 4 heteroatoms. The van der Waals surface area contributed by atoms with E-state index >= 15 is 0 Å². The normalized spacial score (nSPS) is 12.9. The van der Waals surface area contributed by atoms with Crippen LogP contribution in [0.2, 0.25) is 0 Å². The minimum Gasteiger partial charge on any atom is -0.308 e. The Morgan fingerprint density at radius 3 is 1.52 bits per heavy atom. The smallest absolute Gasteiger partial charge is 0.0651 e. The average Bonchev–Trinajstić information content (AvgIpc) is 3.73. The number of rotatable bonds is 15. The summed E-state index contributed by atoms with van der Waals surface area (Å²) in [5.74, 6) is 0.679. The number of fused-ring (bicyclic) bond motifs is 6. The Balaban J connectivity index is 1.25. The second kappa shape index (κ2) is 16.2. The Labute approximate surface area is 332 Å². The van der Waals surface area contributed by atoms with Crippen molar-refractivity contribution in [2.75, 3.05) is 0 Å². The van der Waals surface area contributed by atoms with Crippen LogP contribution in [0.1, 0.15) is 99.8 Å². The Morgan fingerprint density at radius 2 is 1.02 bits per heavy atom. The van der Waals surface area contributed by atoms with Crippen LogP contribution in [0.25, 0.3) is 66.1 Å². The maximum absolute atomic E-state index is 4.86. The SMILES string of the molecule is C=CC(CCC)c1ccc2c(c1)c1cc(C)ccc1n2-c1cncc(-c2cncc(-n3c4ccc(CCCCC)cc4c4cc(C(C=C)CCC)ccc43)c2)c1. The molecule has 2 atom stereocenters. The summed E-state index contributed by atoms with van der Waals surface area (Å²) in [6.45, 7) is 17.3. The van der Waals surface area contributed by atoms with Crippen LogP contribution in [0.15, 0.2) is 135 Å². The van der Waals surface area contributed by atoms with Gasteiger partial charge in [-0.3, -0.25) is 9.97 Å². The summed E-state index contributed by atoms with van der Waals surface area (Å²) in [6, 6.07) is 32.3. The molecule has 0 aliphatic heterocycles. The first-order valence-electron chi connectivity index (χ1n) is 20.7. The standard InChI is InChI=1S/C52H54N4/c1-7-12-13-16-36-18-22-50-46(26-36)48-30-40(38(11-5)15-9-3)20-24-52(48)56(50)44-28-42(32-54-34-44)41-27-43(33-53-31-41)55-49-21-17-35(6)25-45(49)47-29-39(19-23-51(47)55)37(10-4)14-8-2/h10-11,17-34,37-38H,4-5,7-9,12-16H2,1-3,6H3. The van der Waals surface area contributed by atoms with Crippen molar-refractivity contribution in [2.45, 2.75) is 90.9 Å². The molecule has 4 aromatic heterocycles. The topological polar surface area (TPSA) is 35.6 Å². The van der Waals surface area contributed by atoms with Crippen LogP contribution >= 0.6 is 0 Å². The van der Waals surface area contributed by atoms with Crippen LogP contribution in [0.5, 0.6) is 0 Å². The van der Waals surface area contributed by atoms with Crippen LogP contribution in [-0.4, -0.2) is 19.1 Å². The van der Waals surface area contributed by atoms with Gasteiger partial charge in [0.15, 0.2) is 0 Å². The molecular weight excluding hydrogens is 681 g/mol. The number of benzene rings is 4. The Bertz CT molecular complexity index is 2710. The van der Waals surface area contributed by atoms with Crippen molar-refractivity contribution in [3.8, 4) is 22.5 Å². The summed E-state index contributed by atoms with van der Waals surface area (Å²) in [6.07, 6.45) is 21.3. The fourth-order valence-corrected chi connectivity index (χ4v) is 8.87. The summed E-state index contributed by atoms with van der Waals surface area (Å²) in [5.41, 5.74) is 14.2. The summed E-state index contributed by atoms with van der Waals surface area (Å²) in [5, 5.41) is 5.09. The lowest BCUT2D eigenvalue weighted by Gasteiger charge is -2.14. The van der Waals surface area contributed by atoms with Gasteiger partial charge in [-0.25, -0.2) is 0 Å². The van der Waals surface area contributed by atoms with Crippen molar-refractivity contribution in [3.05, 3.63) is 157 Å². The van der Waals surface area contributed by atoms with Crippen LogP contribution < -0.4 is 0 Å². The highest BCUT2D eigenvalue weighted by Gasteiger charge is 2.19. The van der Waals surface area contributed by atoms with Gasteiger partial charge in [0.05, 0.1) is 45.8 Å².